The molecular formula is C15H17ClF4N2O. The summed E-state index contributed by atoms with van der Waals surface area (Å²) >= 11 is 0. The first-order valence-electron chi connectivity index (χ1n) is 7.28. The first kappa shape index (κ1) is 18.0. The standard InChI is InChI=1S/C15H16F4N2O.ClH/c16-13-4-1-9(15(17,18)19)7-12(13)14(22)21-10-2-3-11(21)8-20-6-5-10;/h1,4,7,10-11,20H,2-3,5-6,8H2;1H. The summed E-state index contributed by atoms with van der Waals surface area (Å²) in [6.45, 7) is 1.36. The second-order valence-electron chi connectivity index (χ2n) is 5.78. The number of hydrogen-bond acceptors (Lipinski definition) is 2. The highest BCUT2D eigenvalue weighted by Crippen LogP contribution is 2.33. The predicted molar refractivity (Wildman–Crippen MR) is 79.1 cm³/mol. The third-order valence-corrected chi connectivity index (χ3v) is 4.41. The number of carbonyl (C=O) groups excluding carboxylic acids is 1. The highest BCUT2D eigenvalue weighted by atomic mass is 35.5. The zero-order valence-corrected chi connectivity index (χ0v) is 13.0. The molecule has 3 nitrogen and oxygen atoms in total. The molecule has 1 amide bonds. The van der Waals surface area contributed by atoms with Gasteiger partial charge < -0.3 is 10.2 Å². The fourth-order valence-electron chi connectivity index (χ4n) is 3.32. The largest absolute Gasteiger partial charge is 0.416 e. The molecule has 2 unspecified atom stereocenters. The molecular weight excluding hydrogens is 336 g/mol. The summed E-state index contributed by atoms with van der Waals surface area (Å²) in [5, 5.41) is 3.20. The number of hydrogen-bond donors (Lipinski definition) is 1. The smallest absolute Gasteiger partial charge is 0.331 e. The van der Waals surface area contributed by atoms with Crippen LogP contribution in [0.15, 0.2) is 18.2 Å². The van der Waals surface area contributed by atoms with Crippen LogP contribution < -0.4 is 5.32 Å². The molecule has 2 aliphatic rings. The molecule has 0 spiro atoms. The van der Waals surface area contributed by atoms with E-state index in [0.717, 1.165) is 25.8 Å². The van der Waals surface area contributed by atoms with Crippen molar-refractivity contribution < 1.29 is 22.4 Å². The molecule has 3 rings (SSSR count). The minimum absolute atomic E-state index is 0. The van der Waals surface area contributed by atoms with E-state index >= 15 is 0 Å². The summed E-state index contributed by atoms with van der Waals surface area (Å²) in [4.78, 5) is 14.2. The van der Waals surface area contributed by atoms with Gasteiger partial charge in [-0.2, -0.15) is 13.2 Å². The zero-order chi connectivity index (χ0) is 15.9. The summed E-state index contributed by atoms with van der Waals surface area (Å²) < 4.78 is 52.2. The van der Waals surface area contributed by atoms with Crippen molar-refractivity contribution in [3.63, 3.8) is 0 Å². The van der Waals surface area contributed by atoms with Crippen molar-refractivity contribution in [1.82, 2.24) is 10.2 Å². The fraction of sp³-hybridized carbons (Fsp3) is 0.533. The fourth-order valence-corrected chi connectivity index (χ4v) is 3.32. The molecule has 1 aromatic carbocycles. The minimum atomic E-state index is -4.60. The number of amides is 1. The molecule has 1 aromatic rings. The Kier molecular flexibility index (Phi) is 5.20. The normalized spacial score (nSPS) is 24.1. The first-order valence-corrected chi connectivity index (χ1v) is 7.28. The molecule has 0 saturated carbocycles. The molecule has 0 aliphatic carbocycles. The summed E-state index contributed by atoms with van der Waals surface area (Å²) in [5.41, 5.74) is -1.49. The molecule has 128 valence electrons. The number of alkyl halides is 3. The highest BCUT2D eigenvalue weighted by Gasteiger charge is 2.40. The number of benzene rings is 1. The Morgan fingerprint density at radius 3 is 2.57 bits per heavy atom. The number of carbonyl (C=O) groups is 1. The molecule has 2 heterocycles. The van der Waals surface area contributed by atoms with Crippen molar-refractivity contribution in [3.05, 3.63) is 35.1 Å². The van der Waals surface area contributed by atoms with Crippen molar-refractivity contribution in [2.24, 2.45) is 0 Å². The van der Waals surface area contributed by atoms with Gasteiger partial charge in [-0.05, 0) is 44.0 Å². The maximum absolute atomic E-state index is 13.9. The van der Waals surface area contributed by atoms with Gasteiger partial charge in [-0.1, -0.05) is 0 Å². The van der Waals surface area contributed by atoms with Crippen molar-refractivity contribution in [1.29, 1.82) is 0 Å². The topological polar surface area (TPSA) is 32.3 Å². The predicted octanol–water partition coefficient (Wildman–Crippen LogP) is 3.23. The van der Waals surface area contributed by atoms with Crippen LogP contribution in [-0.4, -0.2) is 36.0 Å². The molecule has 2 bridgehead atoms. The Morgan fingerprint density at radius 1 is 1.17 bits per heavy atom. The number of halogens is 5. The van der Waals surface area contributed by atoms with Gasteiger partial charge in [0.15, 0.2) is 0 Å². The van der Waals surface area contributed by atoms with Gasteiger partial charge in [0.25, 0.3) is 5.91 Å². The van der Waals surface area contributed by atoms with Gasteiger partial charge in [-0.3, -0.25) is 4.79 Å². The summed E-state index contributed by atoms with van der Waals surface area (Å²) in [6, 6.07) is 1.89. The Hall–Kier alpha value is -1.34. The van der Waals surface area contributed by atoms with E-state index in [9.17, 15) is 22.4 Å². The molecule has 8 heteroatoms. The molecule has 0 aromatic heterocycles. The van der Waals surface area contributed by atoms with Gasteiger partial charge in [0.05, 0.1) is 11.1 Å². The van der Waals surface area contributed by atoms with Crippen LogP contribution in [0.1, 0.15) is 35.2 Å². The van der Waals surface area contributed by atoms with Crippen LogP contribution in [0.25, 0.3) is 0 Å². The molecule has 2 saturated heterocycles. The summed E-state index contributed by atoms with van der Waals surface area (Å²) in [7, 11) is 0. The van der Waals surface area contributed by atoms with E-state index in [-0.39, 0.29) is 24.5 Å². The van der Waals surface area contributed by atoms with Crippen LogP contribution >= 0.6 is 12.4 Å². The Balaban J connectivity index is 0.00000192. The van der Waals surface area contributed by atoms with Gasteiger partial charge in [-0.25, -0.2) is 4.39 Å². The lowest BCUT2D eigenvalue weighted by Gasteiger charge is -2.28. The van der Waals surface area contributed by atoms with E-state index in [1.807, 2.05) is 0 Å². The van der Waals surface area contributed by atoms with Gasteiger partial charge in [0.1, 0.15) is 5.82 Å². The lowest BCUT2D eigenvalue weighted by atomic mass is 10.1. The number of nitrogens with one attached hydrogen (secondary N) is 1. The lowest BCUT2D eigenvalue weighted by molar-refractivity contribution is -0.137. The van der Waals surface area contributed by atoms with Crippen molar-refractivity contribution in [3.8, 4) is 0 Å². The van der Waals surface area contributed by atoms with Crippen LogP contribution in [0.3, 0.4) is 0 Å². The Labute approximate surface area is 137 Å². The maximum Gasteiger partial charge on any atom is 0.416 e. The van der Waals surface area contributed by atoms with E-state index in [0.29, 0.717) is 24.7 Å². The second-order valence-corrected chi connectivity index (χ2v) is 5.78. The Morgan fingerprint density at radius 2 is 1.87 bits per heavy atom. The van der Waals surface area contributed by atoms with E-state index in [2.05, 4.69) is 5.32 Å². The molecule has 1 N–H and O–H groups in total. The van der Waals surface area contributed by atoms with E-state index in [1.54, 1.807) is 4.90 Å². The molecule has 2 fully saturated rings. The first-order chi connectivity index (χ1) is 10.4. The van der Waals surface area contributed by atoms with Crippen molar-refractivity contribution in [2.45, 2.75) is 37.5 Å². The van der Waals surface area contributed by atoms with Gasteiger partial charge >= 0.3 is 6.18 Å². The van der Waals surface area contributed by atoms with Crippen LogP contribution in [0.2, 0.25) is 0 Å². The Bertz CT molecular complexity index is 579. The quantitative estimate of drug-likeness (QED) is 0.787. The van der Waals surface area contributed by atoms with Gasteiger partial charge in [-0.15, -0.1) is 12.4 Å². The lowest BCUT2D eigenvalue weighted by Crippen LogP contribution is -2.42. The molecule has 23 heavy (non-hydrogen) atoms. The van der Waals surface area contributed by atoms with Crippen molar-refractivity contribution >= 4 is 18.3 Å². The van der Waals surface area contributed by atoms with Gasteiger partial charge in [0.2, 0.25) is 0 Å². The number of fused-ring (bicyclic) bond motifs is 2. The van der Waals surface area contributed by atoms with Gasteiger partial charge in [0, 0.05) is 18.6 Å². The highest BCUT2D eigenvalue weighted by molar-refractivity contribution is 5.95. The van der Waals surface area contributed by atoms with E-state index in [4.69, 9.17) is 0 Å². The second kappa shape index (κ2) is 6.65. The number of rotatable bonds is 1. The molecule has 2 atom stereocenters. The maximum atomic E-state index is 13.9. The van der Waals surface area contributed by atoms with E-state index in [1.165, 1.54) is 0 Å². The van der Waals surface area contributed by atoms with E-state index < -0.39 is 29.0 Å². The average molecular weight is 353 g/mol. The zero-order valence-electron chi connectivity index (χ0n) is 12.2. The molecule has 0 radical (unpaired) electrons. The SMILES string of the molecule is Cl.O=C(c1cc(C(F)(F)F)ccc1F)N1C2CCNCC1CC2. The van der Waals surface area contributed by atoms with Crippen LogP contribution in [0, 0.1) is 5.82 Å². The van der Waals surface area contributed by atoms with Crippen LogP contribution in [0.5, 0.6) is 0 Å². The average Bonchev–Trinajstić information content (AvgIpc) is 2.70. The molecule has 2 aliphatic heterocycles. The summed E-state index contributed by atoms with van der Waals surface area (Å²) in [6.07, 6.45) is -2.24. The minimum Gasteiger partial charge on any atom is -0.331 e. The van der Waals surface area contributed by atoms with Crippen molar-refractivity contribution in [2.75, 3.05) is 13.1 Å². The number of nitrogens with zero attached hydrogens (tertiary/aromatic N) is 1. The third kappa shape index (κ3) is 3.45. The monoisotopic (exact) mass is 352 g/mol. The van der Waals surface area contributed by atoms with Crippen LogP contribution in [0.4, 0.5) is 17.6 Å². The third-order valence-electron chi connectivity index (χ3n) is 4.41. The van der Waals surface area contributed by atoms with Crippen LogP contribution in [-0.2, 0) is 6.18 Å². The summed E-state index contributed by atoms with van der Waals surface area (Å²) in [5.74, 6) is -1.55.